The summed E-state index contributed by atoms with van der Waals surface area (Å²) in [6, 6.07) is 10.7. The van der Waals surface area contributed by atoms with Gasteiger partial charge in [0.2, 0.25) is 0 Å². The molecule has 0 aliphatic rings. The van der Waals surface area contributed by atoms with Crippen LogP contribution in [-0.4, -0.2) is 37.9 Å². The van der Waals surface area contributed by atoms with Crippen molar-refractivity contribution in [2.75, 3.05) is 7.11 Å². The first-order valence-corrected chi connectivity index (χ1v) is 7.92. The molecule has 0 aliphatic carbocycles. The number of aromatic nitrogens is 4. The van der Waals surface area contributed by atoms with Gasteiger partial charge >= 0.3 is 5.97 Å². The van der Waals surface area contributed by atoms with Crippen molar-refractivity contribution in [3.05, 3.63) is 54.0 Å². The van der Waals surface area contributed by atoms with E-state index in [9.17, 15) is 4.79 Å². The first-order chi connectivity index (χ1) is 12.1. The molecule has 7 nitrogen and oxygen atoms in total. The molecule has 0 bridgehead atoms. The zero-order chi connectivity index (χ0) is 17.8. The van der Waals surface area contributed by atoms with E-state index < -0.39 is 5.97 Å². The van der Waals surface area contributed by atoms with Crippen molar-refractivity contribution in [2.45, 2.75) is 19.8 Å². The molecule has 25 heavy (non-hydrogen) atoms. The summed E-state index contributed by atoms with van der Waals surface area (Å²) in [5.41, 5.74) is 1.71. The van der Waals surface area contributed by atoms with Crippen molar-refractivity contribution in [3.63, 3.8) is 0 Å². The molecule has 1 N–H and O–H groups in total. The molecule has 0 saturated carbocycles. The summed E-state index contributed by atoms with van der Waals surface area (Å²) in [6.07, 6.45) is 3.32. The average Bonchev–Trinajstić information content (AvgIpc) is 3.12. The number of rotatable bonds is 6. The Hall–Kier alpha value is -3.22. The van der Waals surface area contributed by atoms with Gasteiger partial charge in [-0.1, -0.05) is 13.3 Å². The zero-order valence-corrected chi connectivity index (χ0v) is 14.0. The van der Waals surface area contributed by atoms with Crippen LogP contribution >= 0.6 is 0 Å². The molecule has 0 radical (unpaired) electrons. The molecule has 2 aromatic heterocycles. The maximum atomic E-state index is 11.0. The third kappa shape index (κ3) is 3.65. The van der Waals surface area contributed by atoms with Gasteiger partial charge < -0.3 is 9.84 Å². The predicted octanol–water partition coefficient (Wildman–Crippen LogP) is 2.99. The van der Waals surface area contributed by atoms with Gasteiger partial charge in [-0.25, -0.2) is 19.4 Å². The quantitative estimate of drug-likeness (QED) is 0.743. The molecule has 0 amide bonds. The summed E-state index contributed by atoms with van der Waals surface area (Å²) in [5, 5.41) is 13.1. The molecule has 3 rings (SSSR count). The lowest BCUT2D eigenvalue weighted by molar-refractivity contribution is 0.0690. The van der Waals surface area contributed by atoms with Gasteiger partial charge in [0.1, 0.15) is 5.75 Å². The topological polar surface area (TPSA) is 90.1 Å². The summed E-state index contributed by atoms with van der Waals surface area (Å²) in [5.74, 6) is 0.788. The Morgan fingerprint density at radius 3 is 2.56 bits per heavy atom. The van der Waals surface area contributed by atoms with Crippen molar-refractivity contribution in [1.82, 2.24) is 19.7 Å². The van der Waals surface area contributed by atoms with E-state index in [4.69, 9.17) is 9.84 Å². The van der Waals surface area contributed by atoms with Crippen LogP contribution in [-0.2, 0) is 6.42 Å². The maximum absolute atomic E-state index is 11.0. The molecule has 0 fully saturated rings. The van der Waals surface area contributed by atoms with Gasteiger partial charge in [0.05, 0.1) is 7.11 Å². The van der Waals surface area contributed by atoms with Crippen molar-refractivity contribution in [3.8, 4) is 23.0 Å². The van der Waals surface area contributed by atoms with E-state index in [2.05, 4.69) is 22.0 Å². The third-order valence-electron chi connectivity index (χ3n) is 3.66. The van der Waals surface area contributed by atoms with Gasteiger partial charge in [0.15, 0.2) is 17.3 Å². The monoisotopic (exact) mass is 338 g/mol. The third-order valence-corrected chi connectivity index (χ3v) is 3.66. The van der Waals surface area contributed by atoms with Crippen LogP contribution in [0, 0.1) is 0 Å². The minimum Gasteiger partial charge on any atom is -0.497 e. The molecule has 0 spiro atoms. The molecule has 3 aromatic rings. The Labute approximate surface area is 144 Å². The number of benzene rings is 1. The standard InChI is InChI=1S/C18H18N4O3/c1-3-4-13-11-16(22-10-9-15(21-22)18(23)24)20-17(19-13)12-5-7-14(25-2)8-6-12/h5-11H,3-4H2,1-2H3,(H,23,24). The van der Waals surface area contributed by atoms with Gasteiger partial charge in [-0.05, 0) is 36.8 Å². The molecule has 128 valence electrons. The number of hydrogen-bond donors (Lipinski definition) is 1. The van der Waals surface area contributed by atoms with Gasteiger partial charge in [-0.3, -0.25) is 0 Å². The highest BCUT2D eigenvalue weighted by atomic mass is 16.5. The summed E-state index contributed by atoms with van der Waals surface area (Å²) < 4.78 is 6.63. The molecule has 0 aliphatic heterocycles. The minimum atomic E-state index is -1.07. The van der Waals surface area contributed by atoms with E-state index in [1.54, 1.807) is 13.3 Å². The second-order valence-corrected chi connectivity index (χ2v) is 5.47. The Kier molecular flexibility index (Phi) is 4.74. The van der Waals surface area contributed by atoms with Crippen molar-refractivity contribution in [1.29, 1.82) is 0 Å². The highest BCUT2D eigenvalue weighted by Crippen LogP contribution is 2.21. The molecular weight excluding hydrogens is 320 g/mol. The van der Waals surface area contributed by atoms with Crippen LogP contribution in [0.5, 0.6) is 5.75 Å². The van der Waals surface area contributed by atoms with Crippen LogP contribution in [0.25, 0.3) is 17.2 Å². The van der Waals surface area contributed by atoms with Crippen molar-refractivity contribution in [2.24, 2.45) is 0 Å². The molecular formula is C18H18N4O3. The zero-order valence-electron chi connectivity index (χ0n) is 14.0. The molecule has 0 atom stereocenters. The highest BCUT2D eigenvalue weighted by molar-refractivity contribution is 5.85. The van der Waals surface area contributed by atoms with Gasteiger partial charge in [0, 0.05) is 23.5 Å². The van der Waals surface area contributed by atoms with Crippen molar-refractivity contribution >= 4 is 5.97 Å². The normalized spacial score (nSPS) is 10.6. The first-order valence-electron chi connectivity index (χ1n) is 7.92. The van der Waals surface area contributed by atoms with Crippen LogP contribution < -0.4 is 4.74 Å². The smallest absolute Gasteiger partial charge is 0.356 e. The Morgan fingerprint density at radius 2 is 1.96 bits per heavy atom. The second-order valence-electron chi connectivity index (χ2n) is 5.47. The maximum Gasteiger partial charge on any atom is 0.356 e. The minimum absolute atomic E-state index is 0.0262. The largest absolute Gasteiger partial charge is 0.497 e. The Balaban J connectivity index is 2.05. The SMILES string of the molecule is CCCc1cc(-n2ccc(C(=O)O)n2)nc(-c2ccc(OC)cc2)n1. The number of methoxy groups -OCH3 is 1. The Morgan fingerprint density at radius 1 is 1.20 bits per heavy atom. The van der Waals surface area contributed by atoms with Gasteiger partial charge in [-0.15, -0.1) is 0 Å². The van der Waals surface area contributed by atoms with E-state index in [1.807, 2.05) is 30.3 Å². The predicted molar refractivity (Wildman–Crippen MR) is 92.1 cm³/mol. The summed E-state index contributed by atoms with van der Waals surface area (Å²) in [6.45, 7) is 2.07. The van der Waals surface area contributed by atoms with E-state index in [-0.39, 0.29) is 5.69 Å². The molecule has 1 aromatic carbocycles. The van der Waals surface area contributed by atoms with Crippen LogP contribution in [0.3, 0.4) is 0 Å². The van der Waals surface area contributed by atoms with E-state index in [0.29, 0.717) is 11.6 Å². The fraction of sp³-hybridized carbons (Fsp3) is 0.222. The van der Waals surface area contributed by atoms with E-state index >= 15 is 0 Å². The lowest BCUT2D eigenvalue weighted by atomic mass is 10.2. The number of carboxylic acid groups (broad SMARTS) is 1. The number of aryl methyl sites for hydroxylation is 1. The average molecular weight is 338 g/mol. The second kappa shape index (κ2) is 7.12. The van der Waals surface area contributed by atoms with Crippen LogP contribution in [0.1, 0.15) is 29.5 Å². The number of aromatic carboxylic acids is 1. The first kappa shape index (κ1) is 16.6. The number of hydrogen-bond acceptors (Lipinski definition) is 5. The number of carboxylic acids is 1. The number of nitrogens with zero attached hydrogens (tertiary/aromatic N) is 4. The lowest BCUT2D eigenvalue weighted by Crippen LogP contribution is -2.06. The van der Waals surface area contributed by atoms with Crippen LogP contribution in [0.15, 0.2) is 42.6 Å². The lowest BCUT2D eigenvalue weighted by Gasteiger charge is -2.08. The van der Waals surface area contributed by atoms with Crippen molar-refractivity contribution < 1.29 is 14.6 Å². The Bertz CT molecular complexity index is 888. The van der Waals surface area contributed by atoms with Crippen LogP contribution in [0.2, 0.25) is 0 Å². The molecule has 0 unspecified atom stereocenters. The van der Waals surface area contributed by atoms with Gasteiger partial charge in [-0.2, -0.15) is 5.10 Å². The summed E-state index contributed by atoms with van der Waals surface area (Å²) in [7, 11) is 1.61. The summed E-state index contributed by atoms with van der Waals surface area (Å²) in [4.78, 5) is 20.2. The fourth-order valence-electron chi connectivity index (χ4n) is 2.42. The number of carbonyl (C=O) groups is 1. The van der Waals surface area contributed by atoms with E-state index in [1.165, 1.54) is 10.7 Å². The van der Waals surface area contributed by atoms with E-state index in [0.717, 1.165) is 29.8 Å². The highest BCUT2D eigenvalue weighted by Gasteiger charge is 2.12. The fourth-order valence-corrected chi connectivity index (χ4v) is 2.42. The number of ether oxygens (including phenoxy) is 1. The molecule has 2 heterocycles. The van der Waals surface area contributed by atoms with Crippen LogP contribution in [0.4, 0.5) is 0 Å². The van der Waals surface area contributed by atoms with Gasteiger partial charge in [0.25, 0.3) is 0 Å². The molecule has 7 heteroatoms. The summed E-state index contributed by atoms with van der Waals surface area (Å²) >= 11 is 0. The molecule has 0 saturated heterocycles.